The Balaban J connectivity index is 1.22. The van der Waals surface area contributed by atoms with Gasteiger partial charge in [-0.05, 0) is 42.3 Å². The van der Waals surface area contributed by atoms with Crippen molar-refractivity contribution in [2.45, 2.75) is 24.1 Å². The Hall–Kier alpha value is -2.65. The van der Waals surface area contributed by atoms with E-state index in [4.69, 9.17) is 0 Å². The first-order valence-corrected chi connectivity index (χ1v) is 14.8. The van der Waals surface area contributed by atoms with Gasteiger partial charge in [0.1, 0.15) is 0 Å². The van der Waals surface area contributed by atoms with Gasteiger partial charge in [0.05, 0.1) is 4.90 Å². The molecular formula is C28H33N3O3S2. The van der Waals surface area contributed by atoms with Crippen LogP contribution in [0.5, 0.6) is 0 Å². The smallest absolute Gasteiger partial charge is 0.251 e. The van der Waals surface area contributed by atoms with E-state index in [1.807, 2.05) is 42.1 Å². The predicted molar refractivity (Wildman–Crippen MR) is 147 cm³/mol. The van der Waals surface area contributed by atoms with Crippen molar-refractivity contribution in [3.8, 4) is 0 Å². The minimum Gasteiger partial charge on any atom is -0.351 e. The molecule has 36 heavy (non-hydrogen) atoms. The van der Waals surface area contributed by atoms with Crippen LogP contribution in [0.4, 0.5) is 0 Å². The molecule has 4 rings (SSSR count). The Bertz CT molecular complexity index is 1260. The molecule has 0 saturated carbocycles. The van der Waals surface area contributed by atoms with E-state index in [0.717, 1.165) is 17.1 Å². The van der Waals surface area contributed by atoms with Gasteiger partial charge in [-0.1, -0.05) is 60.2 Å². The number of benzene rings is 3. The van der Waals surface area contributed by atoms with Gasteiger partial charge in [0.15, 0.2) is 0 Å². The lowest BCUT2D eigenvalue weighted by molar-refractivity contribution is 0.0956. The number of carbonyl (C=O) groups is 1. The third-order valence-corrected chi connectivity index (χ3v) is 9.13. The molecule has 190 valence electrons. The van der Waals surface area contributed by atoms with E-state index in [-0.39, 0.29) is 5.91 Å². The lowest BCUT2D eigenvalue weighted by atomic mass is 10.1. The fourth-order valence-corrected chi connectivity index (χ4v) is 6.52. The lowest BCUT2D eigenvalue weighted by Gasteiger charge is -2.34. The highest BCUT2D eigenvalue weighted by Gasteiger charge is 2.28. The van der Waals surface area contributed by atoms with Crippen LogP contribution in [0, 0.1) is 6.92 Å². The second-order valence-electron chi connectivity index (χ2n) is 8.99. The van der Waals surface area contributed by atoms with Crippen LogP contribution < -0.4 is 5.32 Å². The minimum atomic E-state index is -3.46. The maximum absolute atomic E-state index is 12.8. The lowest BCUT2D eigenvalue weighted by Crippen LogP contribution is -2.48. The van der Waals surface area contributed by atoms with E-state index in [1.165, 1.54) is 11.1 Å². The molecule has 0 bridgehead atoms. The van der Waals surface area contributed by atoms with Gasteiger partial charge in [-0.25, -0.2) is 8.42 Å². The fraction of sp³-hybridized carbons (Fsp3) is 0.321. The van der Waals surface area contributed by atoms with Crippen molar-refractivity contribution in [2.75, 3.05) is 38.5 Å². The van der Waals surface area contributed by atoms with Crippen LogP contribution in [-0.4, -0.2) is 62.0 Å². The highest BCUT2D eigenvalue weighted by atomic mass is 32.2. The molecule has 1 aliphatic rings. The number of rotatable bonds is 10. The Morgan fingerprint density at radius 2 is 1.61 bits per heavy atom. The summed E-state index contributed by atoms with van der Waals surface area (Å²) in [6.07, 6.45) is 0. The normalized spacial score (nSPS) is 15.0. The van der Waals surface area contributed by atoms with Gasteiger partial charge >= 0.3 is 0 Å². The van der Waals surface area contributed by atoms with Crippen molar-refractivity contribution < 1.29 is 13.2 Å². The third kappa shape index (κ3) is 7.20. The zero-order chi connectivity index (χ0) is 25.4. The van der Waals surface area contributed by atoms with E-state index in [1.54, 1.807) is 28.6 Å². The zero-order valence-electron chi connectivity index (χ0n) is 20.6. The molecule has 3 aromatic rings. The number of piperazine rings is 1. The molecule has 0 aromatic heterocycles. The molecule has 0 aliphatic carbocycles. The Kier molecular flexibility index (Phi) is 9.20. The molecule has 0 radical (unpaired) electrons. The summed E-state index contributed by atoms with van der Waals surface area (Å²) >= 11 is 1.81. The molecule has 1 heterocycles. The van der Waals surface area contributed by atoms with Gasteiger partial charge in [-0.2, -0.15) is 16.1 Å². The van der Waals surface area contributed by atoms with E-state index >= 15 is 0 Å². The van der Waals surface area contributed by atoms with Gasteiger partial charge < -0.3 is 5.32 Å². The molecule has 1 N–H and O–H groups in total. The summed E-state index contributed by atoms with van der Waals surface area (Å²) in [5, 5.41) is 3.02. The summed E-state index contributed by atoms with van der Waals surface area (Å²) in [6.45, 7) is 5.62. The molecule has 0 spiro atoms. The quantitative estimate of drug-likeness (QED) is 0.404. The number of nitrogens with one attached hydrogen (secondary N) is 1. The van der Waals surface area contributed by atoms with Crippen LogP contribution in [0.25, 0.3) is 0 Å². The average Bonchev–Trinajstić information content (AvgIpc) is 2.89. The topological polar surface area (TPSA) is 69.7 Å². The molecule has 1 saturated heterocycles. The molecule has 8 heteroatoms. The minimum absolute atomic E-state index is 0.0632. The number of amides is 1. The first-order valence-electron chi connectivity index (χ1n) is 12.2. The van der Waals surface area contributed by atoms with E-state index in [9.17, 15) is 13.2 Å². The standard InChI is InChI=1S/C28H33N3O3S2/c1-23-7-5-9-25(19-23)22-35-18-13-29-28(32)26-10-6-8-24(20-26)21-30-14-16-31(17-15-30)36(33,34)27-11-3-2-4-12-27/h2-12,19-20H,13-18,21-22H2,1H3,(H,29,32). The molecule has 6 nitrogen and oxygen atoms in total. The first kappa shape index (κ1) is 26.4. The van der Waals surface area contributed by atoms with Crippen LogP contribution >= 0.6 is 11.8 Å². The van der Waals surface area contributed by atoms with Gasteiger partial charge in [0.25, 0.3) is 5.91 Å². The molecule has 0 unspecified atom stereocenters. The van der Waals surface area contributed by atoms with Crippen molar-refractivity contribution in [3.63, 3.8) is 0 Å². The summed E-state index contributed by atoms with van der Waals surface area (Å²) in [5.41, 5.74) is 4.27. The number of sulfonamides is 1. The number of hydrogen-bond acceptors (Lipinski definition) is 5. The zero-order valence-corrected chi connectivity index (χ0v) is 22.2. The molecule has 3 aromatic carbocycles. The maximum atomic E-state index is 12.8. The number of thioether (sulfide) groups is 1. The van der Waals surface area contributed by atoms with E-state index < -0.39 is 10.0 Å². The Labute approximate surface area is 218 Å². The van der Waals surface area contributed by atoms with Crippen LogP contribution in [-0.2, 0) is 22.3 Å². The van der Waals surface area contributed by atoms with Gasteiger partial charge in [-0.15, -0.1) is 0 Å². The van der Waals surface area contributed by atoms with Crippen molar-refractivity contribution >= 4 is 27.7 Å². The van der Waals surface area contributed by atoms with E-state index in [2.05, 4.69) is 41.4 Å². The molecular weight excluding hydrogens is 490 g/mol. The summed E-state index contributed by atoms with van der Waals surface area (Å²) < 4.78 is 27.2. The van der Waals surface area contributed by atoms with Gasteiger partial charge in [-0.3, -0.25) is 9.69 Å². The Morgan fingerprint density at radius 3 is 2.36 bits per heavy atom. The SMILES string of the molecule is Cc1cccc(CSCCNC(=O)c2cccc(CN3CCN(S(=O)(=O)c4ccccc4)CC3)c2)c1. The number of aryl methyl sites for hydroxylation is 1. The molecule has 1 aliphatic heterocycles. The van der Waals surface area contributed by atoms with Gasteiger partial charge in [0, 0.05) is 56.3 Å². The van der Waals surface area contributed by atoms with Crippen LogP contribution in [0.15, 0.2) is 83.8 Å². The summed E-state index contributed by atoms with van der Waals surface area (Å²) in [6, 6.07) is 24.8. The summed E-state index contributed by atoms with van der Waals surface area (Å²) in [7, 11) is -3.46. The average molecular weight is 524 g/mol. The fourth-order valence-electron chi connectivity index (χ4n) is 4.27. The van der Waals surface area contributed by atoms with Crippen LogP contribution in [0.3, 0.4) is 0 Å². The van der Waals surface area contributed by atoms with Crippen LogP contribution in [0.1, 0.15) is 27.0 Å². The largest absolute Gasteiger partial charge is 0.351 e. The molecule has 1 fully saturated rings. The number of nitrogens with zero attached hydrogens (tertiary/aromatic N) is 2. The molecule has 0 atom stereocenters. The van der Waals surface area contributed by atoms with Crippen molar-refractivity contribution in [3.05, 3.63) is 101 Å². The second-order valence-corrected chi connectivity index (χ2v) is 12.0. The molecule has 1 amide bonds. The van der Waals surface area contributed by atoms with Crippen molar-refractivity contribution in [2.24, 2.45) is 0 Å². The maximum Gasteiger partial charge on any atom is 0.251 e. The van der Waals surface area contributed by atoms with Gasteiger partial charge in [0.2, 0.25) is 10.0 Å². The number of carbonyl (C=O) groups excluding carboxylic acids is 1. The highest BCUT2D eigenvalue weighted by molar-refractivity contribution is 7.98. The van der Waals surface area contributed by atoms with Crippen LogP contribution in [0.2, 0.25) is 0 Å². The van der Waals surface area contributed by atoms with Crippen molar-refractivity contribution in [1.29, 1.82) is 0 Å². The first-order chi connectivity index (χ1) is 17.4. The van der Waals surface area contributed by atoms with E-state index in [0.29, 0.717) is 49.7 Å². The summed E-state index contributed by atoms with van der Waals surface area (Å²) in [4.78, 5) is 15.2. The predicted octanol–water partition coefficient (Wildman–Crippen LogP) is 4.16. The Morgan fingerprint density at radius 1 is 0.889 bits per heavy atom. The van der Waals surface area contributed by atoms with Crippen molar-refractivity contribution in [1.82, 2.24) is 14.5 Å². The monoisotopic (exact) mass is 523 g/mol. The highest BCUT2D eigenvalue weighted by Crippen LogP contribution is 2.19. The third-order valence-electron chi connectivity index (χ3n) is 6.19. The number of hydrogen-bond donors (Lipinski definition) is 1. The second kappa shape index (κ2) is 12.5. The summed E-state index contributed by atoms with van der Waals surface area (Å²) in [5.74, 6) is 1.73.